The van der Waals surface area contributed by atoms with Gasteiger partial charge in [-0.15, -0.1) is 5.10 Å². The molecule has 1 aliphatic carbocycles. The molecule has 0 atom stereocenters. The number of morpholine rings is 1. The highest BCUT2D eigenvalue weighted by Gasteiger charge is 2.28. The maximum absolute atomic E-state index is 12.7. The second-order valence-electron chi connectivity index (χ2n) is 7.87. The summed E-state index contributed by atoms with van der Waals surface area (Å²) in [6, 6.07) is 0. The van der Waals surface area contributed by atoms with Gasteiger partial charge in [-0.2, -0.15) is 0 Å². The molecule has 2 fully saturated rings. The van der Waals surface area contributed by atoms with E-state index in [1.807, 2.05) is 14.5 Å². The monoisotopic (exact) mass is 375 g/mol. The number of carbonyl (C=O) groups excluding carboxylic acids is 2. The Balaban J connectivity index is 1.33. The summed E-state index contributed by atoms with van der Waals surface area (Å²) in [6.07, 6.45) is 6.58. The maximum Gasteiger partial charge on any atom is 0.223 e. The van der Waals surface area contributed by atoms with E-state index in [0.717, 1.165) is 11.4 Å². The zero-order valence-corrected chi connectivity index (χ0v) is 15.9. The lowest BCUT2D eigenvalue weighted by Gasteiger charge is -2.29. The first-order valence-corrected chi connectivity index (χ1v) is 10.3. The minimum atomic E-state index is 0.144. The van der Waals surface area contributed by atoms with Gasteiger partial charge >= 0.3 is 0 Å². The molecule has 0 radical (unpaired) electrons. The highest BCUT2D eigenvalue weighted by atomic mass is 16.5. The summed E-state index contributed by atoms with van der Waals surface area (Å²) in [5.74, 6) is 0.961. The third-order valence-electron chi connectivity index (χ3n) is 6.07. The average Bonchev–Trinajstić information content (AvgIpc) is 3.36. The van der Waals surface area contributed by atoms with Crippen LogP contribution < -0.4 is 0 Å². The largest absolute Gasteiger partial charge is 0.378 e. The first kappa shape index (κ1) is 18.4. The molecule has 0 N–H and O–H groups in total. The summed E-state index contributed by atoms with van der Waals surface area (Å²) >= 11 is 0. The zero-order valence-electron chi connectivity index (χ0n) is 15.9. The molecule has 0 spiro atoms. The van der Waals surface area contributed by atoms with E-state index >= 15 is 0 Å². The van der Waals surface area contributed by atoms with Crippen LogP contribution in [0.15, 0.2) is 0 Å². The van der Waals surface area contributed by atoms with E-state index < -0.39 is 0 Å². The molecule has 1 aromatic rings. The highest BCUT2D eigenvalue weighted by Crippen LogP contribution is 2.28. The van der Waals surface area contributed by atoms with Crippen LogP contribution in [0.3, 0.4) is 0 Å². The Morgan fingerprint density at radius 2 is 1.78 bits per heavy atom. The third-order valence-corrected chi connectivity index (χ3v) is 6.07. The molecule has 1 saturated carbocycles. The van der Waals surface area contributed by atoms with E-state index in [1.54, 1.807) is 0 Å². The van der Waals surface area contributed by atoms with Gasteiger partial charge in [0.05, 0.1) is 37.7 Å². The molecule has 2 amide bonds. The SMILES string of the molecule is O=C(CCc1nnn2c1CN(C(=O)CC1CCCC1)CC2)N1CCOCC1. The van der Waals surface area contributed by atoms with Crippen LogP contribution in [0.5, 0.6) is 0 Å². The summed E-state index contributed by atoms with van der Waals surface area (Å²) in [5, 5.41) is 8.52. The van der Waals surface area contributed by atoms with Crippen LogP contribution in [0.25, 0.3) is 0 Å². The molecule has 27 heavy (non-hydrogen) atoms. The second kappa shape index (κ2) is 8.37. The van der Waals surface area contributed by atoms with Crippen LogP contribution in [-0.2, 0) is 33.8 Å². The molecule has 8 nitrogen and oxygen atoms in total. The molecule has 1 aromatic heterocycles. The van der Waals surface area contributed by atoms with Crippen molar-refractivity contribution in [3.8, 4) is 0 Å². The number of fused-ring (bicyclic) bond motifs is 1. The van der Waals surface area contributed by atoms with E-state index in [9.17, 15) is 9.59 Å². The van der Waals surface area contributed by atoms with Crippen molar-refractivity contribution in [2.24, 2.45) is 5.92 Å². The Bertz CT molecular complexity index is 677. The van der Waals surface area contributed by atoms with Crippen LogP contribution in [0.2, 0.25) is 0 Å². The lowest BCUT2D eigenvalue weighted by Crippen LogP contribution is -2.41. The molecular weight excluding hydrogens is 346 g/mol. The van der Waals surface area contributed by atoms with E-state index in [4.69, 9.17) is 4.74 Å². The minimum Gasteiger partial charge on any atom is -0.378 e. The number of nitrogens with zero attached hydrogens (tertiary/aromatic N) is 5. The molecule has 0 aromatic carbocycles. The average molecular weight is 375 g/mol. The number of ether oxygens (including phenoxy) is 1. The zero-order chi connectivity index (χ0) is 18.6. The van der Waals surface area contributed by atoms with Crippen LogP contribution >= 0.6 is 0 Å². The third kappa shape index (κ3) is 4.31. The fourth-order valence-corrected chi connectivity index (χ4v) is 4.39. The predicted molar refractivity (Wildman–Crippen MR) is 97.7 cm³/mol. The fourth-order valence-electron chi connectivity index (χ4n) is 4.39. The molecular formula is C19H29N5O3. The number of aromatic nitrogens is 3. The highest BCUT2D eigenvalue weighted by molar-refractivity contribution is 5.77. The maximum atomic E-state index is 12.7. The van der Waals surface area contributed by atoms with Crippen molar-refractivity contribution < 1.29 is 14.3 Å². The molecule has 3 heterocycles. The lowest BCUT2D eigenvalue weighted by atomic mass is 10.0. The molecule has 4 rings (SSSR count). The van der Waals surface area contributed by atoms with Crippen molar-refractivity contribution in [1.82, 2.24) is 24.8 Å². The minimum absolute atomic E-state index is 0.144. The van der Waals surface area contributed by atoms with Crippen molar-refractivity contribution in [3.63, 3.8) is 0 Å². The van der Waals surface area contributed by atoms with Gasteiger partial charge in [-0.05, 0) is 18.8 Å². The molecule has 1 saturated heterocycles. The fraction of sp³-hybridized carbons (Fsp3) is 0.789. The van der Waals surface area contributed by atoms with Gasteiger partial charge in [-0.1, -0.05) is 18.1 Å². The quantitative estimate of drug-likeness (QED) is 0.767. The number of aryl methyl sites for hydroxylation is 1. The van der Waals surface area contributed by atoms with Gasteiger partial charge in [0.1, 0.15) is 0 Å². The normalized spacial score (nSPS) is 20.7. The molecule has 0 unspecified atom stereocenters. The molecule has 0 bridgehead atoms. The van der Waals surface area contributed by atoms with Gasteiger partial charge in [0.15, 0.2) is 0 Å². The second-order valence-corrected chi connectivity index (χ2v) is 7.87. The van der Waals surface area contributed by atoms with Gasteiger partial charge in [0, 0.05) is 38.9 Å². The Morgan fingerprint density at radius 1 is 1.00 bits per heavy atom. The van der Waals surface area contributed by atoms with Crippen molar-refractivity contribution in [3.05, 3.63) is 11.4 Å². The Hall–Kier alpha value is -1.96. The number of hydrogen-bond donors (Lipinski definition) is 0. The van der Waals surface area contributed by atoms with Crippen molar-refractivity contribution >= 4 is 11.8 Å². The Labute approximate surface area is 159 Å². The summed E-state index contributed by atoms with van der Waals surface area (Å²) < 4.78 is 7.20. The van der Waals surface area contributed by atoms with Gasteiger partial charge in [0.2, 0.25) is 11.8 Å². The van der Waals surface area contributed by atoms with E-state index in [2.05, 4.69) is 10.3 Å². The van der Waals surface area contributed by atoms with E-state index in [0.29, 0.717) is 71.1 Å². The van der Waals surface area contributed by atoms with Gasteiger partial charge in [0.25, 0.3) is 0 Å². The van der Waals surface area contributed by atoms with Gasteiger partial charge in [-0.3, -0.25) is 9.59 Å². The van der Waals surface area contributed by atoms with Crippen LogP contribution in [0.4, 0.5) is 0 Å². The number of carbonyl (C=O) groups is 2. The molecule has 148 valence electrons. The molecule has 3 aliphatic rings. The summed E-state index contributed by atoms with van der Waals surface area (Å²) in [4.78, 5) is 28.9. The van der Waals surface area contributed by atoms with E-state index in [1.165, 1.54) is 25.7 Å². The number of amides is 2. The lowest BCUT2D eigenvalue weighted by molar-refractivity contribution is -0.135. The number of hydrogen-bond acceptors (Lipinski definition) is 5. The van der Waals surface area contributed by atoms with E-state index in [-0.39, 0.29) is 11.8 Å². The molecule has 8 heteroatoms. The molecule has 2 aliphatic heterocycles. The first-order chi connectivity index (χ1) is 13.2. The summed E-state index contributed by atoms with van der Waals surface area (Å²) in [6.45, 7) is 4.53. The standard InChI is InChI=1S/C19H29N5O3/c25-18(22-9-11-27-12-10-22)6-5-16-17-14-23(7-8-24(17)21-20-16)19(26)13-15-3-1-2-4-15/h15H,1-14H2. The van der Waals surface area contributed by atoms with Crippen molar-refractivity contribution in [2.45, 2.75) is 58.0 Å². The van der Waals surface area contributed by atoms with Crippen LogP contribution in [0.1, 0.15) is 49.9 Å². The predicted octanol–water partition coefficient (Wildman–Crippen LogP) is 0.992. The van der Waals surface area contributed by atoms with Gasteiger partial charge < -0.3 is 14.5 Å². The number of rotatable bonds is 5. The Morgan fingerprint density at radius 3 is 2.56 bits per heavy atom. The summed E-state index contributed by atoms with van der Waals surface area (Å²) in [7, 11) is 0. The first-order valence-electron chi connectivity index (χ1n) is 10.3. The Kier molecular flexibility index (Phi) is 5.71. The van der Waals surface area contributed by atoms with Crippen molar-refractivity contribution in [1.29, 1.82) is 0 Å². The van der Waals surface area contributed by atoms with Crippen molar-refractivity contribution in [2.75, 3.05) is 32.8 Å². The smallest absolute Gasteiger partial charge is 0.223 e. The van der Waals surface area contributed by atoms with Crippen LogP contribution in [0, 0.1) is 5.92 Å². The topological polar surface area (TPSA) is 80.6 Å². The van der Waals surface area contributed by atoms with Gasteiger partial charge in [-0.25, -0.2) is 4.68 Å². The van der Waals surface area contributed by atoms with Crippen LogP contribution in [-0.4, -0.2) is 69.5 Å². The summed E-state index contributed by atoms with van der Waals surface area (Å²) in [5.41, 5.74) is 1.85.